The summed E-state index contributed by atoms with van der Waals surface area (Å²) in [4.78, 5) is 13.1. The zero-order chi connectivity index (χ0) is 22.2. The summed E-state index contributed by atoms with van der Waals surface area (Å²) in [5.74, 6) is -0.829. The van der Waals surface area contributed by atoms with E-state index in [-0.39, 0.29) is 11.1 Å². The van der Waals surface area contributed by atoms with Crippen LogP contribution in [0.15, 0.2) is 88.4 Å². The molecule has 0 aromatic heterocycles. The highest BCUT2D eigenvalue weighted by molar-refractivity contribution is 9.10. The molecule has 0 unspecified atom stereocenters. The fraction of sp³-hybridized carbons (Fsp3) is 0.130. The van der Waals surface area contributed by atoms with E-state index in [0.29, 0.717) is 9.48 Å². The minimum absolute atomic E-state index is 0.113. The number of halogens is 4. The molecule has 4 nitrogen and oxygen atoms in total. The largest absolute Gasteiger partial charge is 0.431 e. The zero-order valence-corrected chi connectivity index (χ0v) is 17.6. The summed E-state index contributed by atoms with van der Waals surface area (Å²) in [5, 5.41) is 15.2. The van der Waals surface area contributed by atoms with Gasteiger partial charge in [-0.1, -0.05) is 70.5 Å². The van der Waals surface area contributed by atoms with Crippen molar-refractivity contribution in [1.29, 1.82) is 0 Å². The lowest BCUT2D eigenvalue weighted by Gasteiger charge is -2.31. The molecule has 0 radical (unpaired) electrons. The van der Waals surface area contributed by atoms with Gasteiger partial charge in [-0.15, -0.1) is 0 Å². The number of hydrazone groups is 1. The molecule has 0 saturated heterocycles. The van der Waals surface area contributed by atoms with Crippen molar-refractivity contribution in [3.05, 3.63) is 94.5 Å². The van der Waals surface area contributed by atoms with Gasteiger partial charge in [-0.3, -0.25) is 4.79 Å². The normalized spacial score (nSPS) is 18.7. The highest BCUT2D eigenvalue weighted by Crippen LogP contribution is 2.40. The Morgan fingerprint density at radius 2 is 1.52 bits per heavy atom. The number of amides is 1. The standard InChI is InChI=1S/C23H16BrF3N2O2/c24-19-12-10-18(11-13-19)22(31)14-20(23(25,26)27)28-29(22)21(30)17-8-6-16(7-9-17)15-4-2-1-3-5-15/h1-13,31H,14H2/t22-/m1/s1. The third-order valence-electron chi connectivity index (χ3n) is 5.05. The van der Waals surface area contributed by atoms with Gasteiger partial charge in [0.05, 0.1) is 6.42 Å². The second-order valence-corrected chi connectivity index (χ2v) is 8.02. The molecule has 1 aliphatic rings. The van der Waals surface area contributed by atoms with E-state index in [1.165, 1.54) is 24.3 Å². The van der Waals surface area contributed by atoms with E-state index in [0.717, 1.165) is 11.1 Å². The van der Waals surface area contributed by atoms with Crippen LogP contribution in [0.25, 0.3) is 11.1 Å². The monoisotopic (exact) mass is 488 g/mol. The third-order valence-corrected chi connectivity index (χ3v) is 5.58. The number of benzene rings is 3. The lowest BCUT2D eigenvalue weighted by molar-refractivity contribution is -0.0816. The molecule has 0 fully saturated rings. The molecule has 3 aromatic carbocycles. The summed E-state index contributed by atoms with van der Waals surface area (Å²) in [5.41, 5.74) is -1.43. The average Bonchev–Trinajstić information content (AvgIpc) is 3.13. The predicted molar refractivity (Wildman–Crippen MR) is 114 cm³/mol. The first-order valence-electron chi connectivity index (χ1n) is 9.32. The first-order chi connectivity index (χ1) is 14.7. The van der Waals surface area contributed by atoms with Crippen LogP contribution in [0.4, 0.5) is 13.2 Å². The molecular weight excluding hydrogens is 473 g/mol. The van der Waals surface area contributed by atoms with Crippen LogP contribution in [0.5, 0.6) is 0 Å². The van der Waals surface area contributed by atoms with Crippen LogP contribution in [0.2, 0.25) is 0 Å². The number of nitrogens with zero attached hydrogens (tertiary/aromatic N) is 2. The summed E-state index contributed by atoms with van der Waals surface area (Å²) in [7, 11) is 0. The summed E-state index contributed by atoms with van der Waals surface area (Å²) in [6, 6.07) is 21.9. The van der Waals surface area contributed by atoms with Crippen LogP contribution in [-0.4, -0.2) is 27.9 Å². The molecule has 0 spiro atoms. The Morgan fingerprint density at radius 3 is 2.10 bits per heavy atom. The van der Waals surface area contributed by atoms with Gasteiger partial charge in [0, 0.05) is 15.6 Å². The van der Waals surface area contributed by atoms with Crippen molar-refractivity contribution in [2.75, 3.05) is 0 Å². The van der Waals surface area contributed by atoms with E-state index in [4.69, 9.17) is 0 Å². The lowest BCUT2D eigenvalue weighted by Crippen LogP contribution is -2.43. The number of carbonyl (C=O) groups is 1. The summed E-state index contributed by atoms with van der Waals surface area (Å²) in [6.07, 6.45) is -5.62. The summed E-state index contributed by atoms with van der Waals surface area (Å²) in [6.45, 7) is 0. The van der Waals surface area contributed by atoms with Gasteiger partial charge in [0.25, 0.3) is 5.91 Å². The van der Waals surface area contributed by atoms with Crippen molar-refractivity contribution in [2.45, 2.75) is 18.3 Å². The van der Waals surface area contributed by atoms with E-state index < -0.39 is 29.9 Å². The zero-order valence-electron chi connectivity index (χ0n) is 16.0. The molecule has 0 saturated carbocycles. The summed E-state index contributed by atoms with van der Waals surface area (Å²) >= 11 is 3.25. The summed E-state index contributed by atoms with van der Waals surface area (Å²) < 4.78 is 40.8. The van der Waals surface area contributed by atoms with Crippen molar-refractivity contribution in [2.24, 2.45) is 5.10 Å². The highest BCUT2D eigenvalue weighted by atomic mass is 79.9. The van der Waals surface area contributed by atoms with Gasteiger partial charge in [0.2, 0.25) is 0 Å². The fourth-order valence-corrected chi connectivity index (χ4v) is 3.68. The Kier molecular flexibility index (Phi) is 5.45. The molecule has 1 atom stereocenters. The second-order valence-electron chi connectivity index (χ2n) is 7.11. The van der Waals surface area contributed by atoms with E-state index in [9.17, 15) is 23.1 Å². The van der Waals surface area contributed by atoms with Gasteiger partial charge in [0.15, 0.2) is 5.72 Å². The van der Waals surface area contributed by atoms with Crippen molar-refractivity contribution < 1.29 is 23.1 Å². The molecule has 8 heteroatoms. The SMILES string of the molecule is O=C(c1ccc(-c2ccccc2)cc1)N1N=C(C(F)(F)F)C[C@@]1(O)c1ccc(Br)cc1. The quantitative estimate of drug-likeness (QED) is 0.512. The Balaban J connectivity index is 1.71. The molecule has 1 amide bonds. The number of aliphatic hydroxyl groups is 1. The molecule has 3 aromatic rings. The molecule has 1 N–H and O–H groups in total. The van der Waals surface area contributed by atoms with Crippen LogP contribution in [0, 0.1) is 0 Å². The van der Waals surface area contributed by atoms with Gasteiger partial charge in [0.1, 0.15) is 5.71 Å². The van der Waals surface area contributed by atoms with Gasteiger partial charge >= 0.3 is 6.18 Å². The topological polar surface area (TPSA) is 52.9 Å². The molecule has 4 rings (SSSR count). The van der Waals surface area contributed by atoms with Crippen molar-refractivity contribution in [3.63, 3.8) is 0 Å². The van der Waals surface area contributed by atoms with Gasteiger partial charge in [-0.25, -0.2) is 0 Å². The van der Waals surface area contributed by atoms with Gasteiger partial charge in [-0.2, -0.15) is 23.3 Å². The second kappa shape index (κ2) is 7.94. The minimum Gasteiger partial charge on any atom is -0.365 e. The minimum atomic E-state index is -4.77. The fourth-order valence-electron chi connectivity index (χ4n) is 3.42. The van der Waals surface area contributed by atoms with Gasteiger partial charge < -0.3 is 5.11 Å². The molecule has 0 aliphatic carbocycles. The maximum Gasteiger partial charge on any atom is 0.431 e. The first-order valence-corrected chi connectivity index (χ1v) is 10.1. The Hall–Kier alpha value is -2.97. The van der Waals surface area contributed by atoms with Crippen molar-refractivity contribution in [3.8, 4) is 11.1 Å². The number of hydrogen-bond donors (Lipinski definition) is 1. The van der Waals surface area contributed by atoms with E-state index in [2.05, 4.69) is 21.0 Å². The molecule has 158 valence electrons. The van der Waals surface area contributed by atoms with Crippen LogP contribution in [0.3, 0.4) is 0 Å². The maximum atomic E-state index is 13.4. The van der Waals surface area contributed by atoms with Crippen LogP contribution in [-0.2, 0) is 5.72 Å². The Labute approximate surface area is 184 Å². The van der Waals surface area contributed by atoms with Crippen LogP contribution >= 0.6 is 15.9 Å². The van der Waals surface area contributed by atoms with E-state index >= 15 is 0 Å². The first kappa shape index (κ1) is 21.3. The smallest absolute Gasteiger partial charge is 0.365 e. The molecular formula is C23H16BrF3N2O2. The van der Waals surface area contributed by atoms with Crippen LogP contribution < -0.4 is 0 Å². The number of hydrogen-bond acceptors (Lipinski definition) is 3. The van der Waals surface area contributed by atoms with Crippen LogP contribution in [0.1, 0.15) is 22.3 Å². The van der Waals surface area contributed by atoms with Crippen molar-refractivity contribution >= 4 is 27.5 Å². The van der Waals surface area contributed by atoms with E-state index in [1.807, 2.05) is 30.3 Å². The Morgan fingerprint density at radius 1 is 0.935 bits per heavy atom. The van der Waals surface area contributed by atoms with E-state index in [1.54, 1.807) is 24.3 Å². The van der Waals surface area contributed by atoms with Crippen molar-refractivity contribution in [1.82, 2.24) is 5.01 Å². The Bertz CT molecular complexity index is 1130. The molecule has 0 bridgehead atoms. The predicted octanol–water partition coefficient (Wildman–Crippen LogP) is 5.73. The number of alkyl halides is 3. The lowest BCUT2D eigenvalue weighted by atomic mass is 9.96. The highest BCUT2D eigenvalue weighted by Gasteiger charge is 2.53. The van der Waals surface area contributed by atoms with Gasteiger partial charge in [-0.05, 0) is 35.4 Å². The molecule has 1 heterocycles. The molecule has 1 aliphatic heterocycles. The number of rotatable bonds is 3. The molecule has 31 heavy (non-hydrogen) atoms. The third kappa shape index (κ3) is 4.13. The maximum absolute atomic E-state index is 13.4. The average molecular weight is 489 g/mol. The number of carbonyl (C=O) groups excluding carboxylic acids is 1.